The van der Waals surface area contributed by atoms with Crippen molar-refractivity contribution in [1.29, 1.82) is 0 Å². The van der Waals surface area contributed by atoms with Gasteiger partial charge in [-0.25, -0.2) is 0 Å². The first-order valence-corrected chi connectivity index (χ1v) is 7.26. The highest BCUT2D eigenvalue weighted by molar-refractivity contribution is 9.10. The third-order valence-corrected chi connectivity index (χ3v) is 5.29. The Morgan fingerprint density at radius 1 is 1.47 bits per heavy atom. The van der Waals surface area contributed by atoms with Crippen molar-refractivity contribution in [3.63, 3.8) is 0 Å². The lowest BCUT2D eigenvalue weighted by Gasteiger charge is -2.26. The van der Waals surface area contributed by atoms with Crippen LogP contribution in [0.4, 0.5) is 0 Å². The van der Waals surface area contributed by atoms with Crippen LogP contribution in [-0.2, 0) is 0 Å². The fourth-order valence-electron chi connectivity index (χ4n) is 3.81. The van der Waals surface area contributed by atoms with Crippen molar-refractivity contribution in [1.82, 2.24) is 5.43 Å². The second-order valence-corrected chi connectivity index (χ2v) is 6.26. The van der Waals surface area contributed by atoms with Crippen molar-refractivity contribution in [2.75, 3.05) is 0 Å². The normalized spacial score (nSPS) is 33.2. The molecule has 0 aliphatic heterocycles. The monoisotopic (exact) mass is 298 g/mol. The predicted molar refractivity (Wildman–Crippen MR) is 70.0 cm³/mol. The average molecular weight is 299 g/mol. The Hall–Kier alpha value is -0.320. The summed E-state index contributed by atoms with van der Waals surface area (Å²) < 4.78 is 6.10. The molecule has 0 aromatic carbocycles. The van der Waals surface area contributed by atoms with Crippen LogP contribution in [0.15, 0.2) is 21.4 Å². The van der Waals surface area contributed by atoms with Gasteiger partial charge in [0.25, 0.3) is 0 Å². The van der Waals surface area contributed by atoms with Crippen molar-refractivity contribution in [3.05, 3.63) is 22.6 Å². The van der Waals surface area contributed by atoms with Gasteiger partial charge in [0.15, 0.2) is 4.67 Å². The Labute approximate surface area is 110 Å². The summed E-state index contributed by atoms with van der Waals surface area (Å²) in [6.45, 7) is 0. The average Bonchev–Trinajstić information content (AvgIpc) is 3.02. The zero-order valence-corrected chi connectivity index (χ0v) is 11.4. The molecule has 4 unspecified atom stereocenters. The minimum absolute atomic E-state index is 0.215. The van der Waals surface area contributed by atoms with Gasteiger partial charge < -0.3 is 4.42 Å². The van der Waals surface area contributed by atoms with E-state index in [9.17, 15) is 0 Å². The van der Waals surface area contributed by atoms with E-state index < -0.39 is 0 Å². The summed E-state index contributed by atoms with van der Waals surface area (Å²) in [6, 6.07) is 2.22. The molecule has 94 valence electrons. The molecule has 3 nitrogen and oxygen atoms in total. The highest BCUT2D eigenvalue weighted by Gasteiger charge is 2.40. The molecule has 0 spiro atoms. The van der Waals surface area contributed by atoms with E-state index in [-0.39, 0.29) is 6.04 Å². The smallest absolute Gasteiger partial charge is 0.173 e. The van der Waals surface area contributed by atoms with Crippen molar-refractivity contribution in [2.45, 2.75) is 38.1 Å². The van der Waals surface area contributed by atoms with Gasteiger partial charge in [-0.1, -0.05) is 6.42 Å². The molecule has 0 amide bonds. The van der Waals surface area contributed by atoms with Gasteiger partial charge in [-0.3, -0.25) is 11.3 Å². The summed E-state index contributed by atoms with van der Waals surface area (Å²) in [5, 5.41) is 0. The summed E-state index contributed by atoms with van der Waals surface area (Å²) in [4.78, 5) is 0. The number of hydrogen-bond acceptors (Lipinski definition) is 3. The Kier molecular flexibility index (Phi) is 3.28. The van der Waals surface area contributed by atoms with E-state index in [1.54, 1.807) is 6.26 Å². The van der Waals surface area contributed by atoms with Gasteiger partial charge in [0, 0.05) is 5.56 Å². The fourth-order valence-corrected chi connectivity index (χ4v) is 4.32. The second kappa shape index (κ2) is 4.75. The van der Waals surface area contributed by atoms with Crippen molar-refractivity contribution >= 4 is 15.9 Å². The summed E-state index contributed by atoms with van der Waals surface area (Å²) in [6.07, 6.45) is 8.59. The molecule has 2 fully saturated rings. The maximum Gasteiger partial charge on any atom is 0.173 e. The molecular formula is C13H19BrN2O. The van der Waals surface area contributed by atoms with Crippen LogP contribution < -0.4 is 11.3 Å². The van der Waals surface area contributed by atoms with E-state index in [0.29, 0.717) is 0 Å². The maximum atomic E-state index is 5.70. The van der Waals surface area contributed by atoms with Gasteiger partial charge in [-0.15, -0.1) is 0 Å². The Morgan fingerprint density at radius 2 is 2.35 bits per heavy atom. The van der Waals surface area contributed by atoms with Crippen LogP contribution in [0.1, 0.15) is 43.7 Å². The first kappa shape index (κ1) is 11.8. The quantitative estimate of drug-likeness (QED) is 0.662. The van der Waals surface area contributed by atoms with Crippen LogP contribution in [-0.4, -0.2) is 0 Å². The number of hydrazine groups is 1. The molecular weight excluding hydrogens is 280 g/mol. The molecule has 3 N–H and O–H groups in total. The first-order valence-electron chi connectivity index (χ1n) is 6.47. The van der Waals surface area contributed by atoms with Crippen molar-refractivity contribution < 1.29 is 4.42 Å². The lowest BCUT2D eigenvalue weighted by atomic mass is 9.83. The molecule has 17 heavy (non-hydrogen) atoms. The minimum Gasteiger partial charge on any atom is -0.457 e. The molecule has 2 bridgehead atoms. The van der Waals surface area contributed by atoms with Gasteiger partial charge in [-0.05, 0) is 65.4 Å². The van der Waals surface area contributed by atoms with Gasteiger partial charge in [0.1, 0.15) is 0 Å². The number of nitrogens with one attached hydrogen (secondary N) is 1. The molecule has 3 rings (SSSR count). The fraction of sp³-hybridized carbons (Fsp3) is 0.692. The van der Waals surface area contributed by atoms with Crippen LogP contribution >= 0.6 is 15.9 Å². The summed E-state index contributed by atoms with van der Waals surface area (Å²) >= 11 is 3.44. The molecule has 2 aliphatic carbocycles. The highest BCUT2D eigenvalue weighted by Crippen LogP contribution is 2.51. The summed E-state index contributed by atoms with van der Waals surface area (Å²) in [5.74, 6) is 8.48. The van der Waals surface area contributed by atoms with E-state index in [0.717, 1.165) is 34.4 Å². The third kappa shape index (κ3) is 2.18. The Bertz CT molecular complexity index is 393. The van der Waals surface area contributed by atoms with E-state index in [4.69, 9.17) is 10.3 Å². The maximum absolute atomic E-state index is 5.70. The van der Waals surface area contributed by atoms with Crippen molar-refractivity contribution in [3.8, 4) is 0 Å². The van der Waals surface area contributed by atoms with Crippen molar-refractivity contribution in [2.24, 2.45) is 23.6 Å². The topological polar surface area (TPSA) is 51.2 Å². The van der Waals surface area contributed by atoms with Crippen LogP contribution in [0, 0.1) is 17.8 Å². The number of fused-ring (bicyclic) bond motifs is 2. The van der Waals surface area contributed by atoms with Crippen LogP contribution in [0.5, 0.6) is 0 Å². The Balaban J connectivity index is 1.69. The SMILES string of the molecule is NNC(CC1CC2CCC1C2)c1ccoc1Br. The van der Waals surface area contributed by atoms with Gasteiger partial charge >= 0.3 is 0 Å². The van der Waals surface area contributed by atoms with Crippen LogP contribution in [0.25, 0.3) is 0 Å². The minimum atomic E-state index is 0.215. The molecule has 1 heterocycles. The molecule has 2 aliphatic rings. The zero-order valence-electron chi connectivity index (χ0n) is 9.86. The van der Waals surface area contributed by atoms with Gasteiger partial charge in [0.05, 0.1) is 12.3 Å². The number of hydrogen-bond donors (Lipinski definition) is 2. The van der Waals surface area contributed by atoms with E-state index in [1.807, 2.05) is 6.07 Å². The zero-order chi connectivity index (χ0) is 11.8. The van der Waals surface area contributed by atoms with Gasteiger partial charge in [-0.2, -0.15) is 0 Å². The van der Waals surface area contributed by atoms with Crippen LogP contribution in [0.3, 0.4) is 0 Å². The molecule has 1 aromatic heterocycles. The van der Waals surface area contributed by atoms with E-state index >= 15 is 0 Å². The number of furan rings is 1. The van der Waals surface area contributed by atoms with Crippen LogP contribution in [0.2, 0.25) is 0 Å². The molecule has 1 aromatic rings. The highest BCUT2D eigenvalue weighted by atomic mass is 79.9. The third-order valence-electron chi connectivity index (χ3n) is 4.65. The molecule has 4 atom stereocenters. The molecule has 2 saturated carbocycles. The largest absolute Gasteiger partial charge is 0.457 e. The number of nitrogens with two attached hydrogens (primary N) is 1. The predicted octanol–water partition coefficient (Wildman–Crippen LogP) is 3.37. The molecule has 4 heteroatoms. The molecule has 0 radical (unpaired) electrons. The van der Waals surface area contributed by atoms with E-state index in [1.165, 1.54) is 25.7 Å². The van der Waals surface area contributed by atoms with E-state index in [2.05, 4.69) is 21.4 Å². The lowest BCUT2D eigenvalue weighted by molar-refractivity contribution is 0.279. The first-order chi connectivity index (χ1) is 8.28. The molecule has 0 saturated heterocycles. The van der Waals surface area contributed by atoms with Gasteiger partial charge in [0.2, 0.25) is 0 Å². The number of halogens is 1. The summed E-state index contributed by atoms with van der Waals surface area (Å²) in [7, 11) is 0. The standard InChI is InChI=1S/C13H19BrN2O/c14-13-11(3-4-17-13)12(16-15)7-10-6-8-1-2-9(10)5-8/h3-4,8-10,12,16H,1-2,5-7,15H2. The lowest BCUT2D eigenvalue weighted by Crippen LogP contribution is -2.30. The summed E-state index contributed by atoms with van der Waals surface area (Å²) in [5.41, 5.74) is 4.09. The Morgan fingerprint density at radius 3 is 2.88 bits per heavy atom. The second-order valence-electron chi connectivity index (χ2n) is 5.54. The number of rotatable bonds is 4.